The SMILES string of the molecule is CSCCCC(NC(=O)N(CC=O)Cc1ccccc1)C(=O)O. The number of nitrogens with zero attached hydrogens (tertiary/aromatic N) is 1. The van der Waals surface area contributed by atoms with Crippen molar-refractivity contribution in [2.24, 2.45) is 0 Å². The molecule has 1 unspecified atom stereocenters. The van der Waals surface area contributed by atoms with E-state index in [4.69, 9.17) is 0 Å². The predicted molar refractivity (Wildman–Crippen MR) is 90.5 cm³/mol. The molecule has 0 radical (unpaired) electrons. The van der Waals surface area contributed by atoms with E-state index in [9.17, 15) is 19.5 Å². The Kier molecular flexibility index (Phi) is 8.82. The van der Waals surface area contributed by atoms with Crippen molar-refractivity contribution in [1.82, 2.24) is 10.2 Å². The number of hydrogen-bond acceptors (Lipinski definition) is 4. The molecule has 7 heteroatoms. The summed E-state index contributed by atoms with van der Waals surface area (Å²) in [6, 6.07) is 7.75. The monoisotopic (exact) mass is 338 g/mol. The molecular weight excluding hydrogens is 316 g/mol. The second kappa shape index (κ2) is 10.7. The van der Waals surface area contributed by atoms with Gasteiger partial charge in [0.05, 0.1) is 6.54 Å². The summed E-state index contributed by atoms with van der Waals surface area (Å²) < 4.78 is 0. The van der Waals surface area contributed by atoms with Crippen molar-refractivity contribution in [2.45, 2.75) is 25.4 Å². The van der Waals surface area contributed by atoms with Crippen LogP contribution >= 0.6 is 11.8 Å². The number of aliphatic carboxylic acids is 1. The molecule has 1 rings (SSSR count). The zero-order valence-electron chi connectivity index (χ0n) is 13.1. The van der Waals surface area contributed by atoms with Crippen molar-refractivity contribution in [2.75, 3.05) is 18.6 Å². The van der Waals surface area contributed by atoms with Gasteiger partial charge in [-0.15, -0.1) is 0 Å². The fourth-order valence-corrected chi connectivity index (χ4v) is 2.50. The first-order valence-electron chi connectivity index (χ1n) is 7.33. The van der Waals surface area contributed by atoms with E-state index >= 15 is 0 Å². The molecular formula is C16H22N2O4S. The number of benzene rings is 1. The molecule has 0 spiro atoms. The Morgan fingerprint density at radius 3 is 2.61 bits per heavy atom. The molecule has 0 fully saturated rings. The van der Waals surface area contributed by atoms with Gasteiger partial charge in [0.15, 0.2) is 0 Å². The van der Waals surface area contributed by atoms with Crippen LogP contribution in [0.5, 0.6) is 0 Å². The van der Waals surface area contributed by atoms with E-state index in [1.54, 1.807) is 11.8 Å². The number of thioether (sulfide) groups is 1. The van der Waals surface area contributed by atoms with Gasteiger partial charge >= 0.3 is 12.0 Å². The maximum atomic E-state index is 12.3. The highest BCUT2D eigenvalue weighted by Crippen LogP contribution is 2.07. The van der Waals surface area contributed by atoms with Crippen molar-refractivity contribution in [1.29, 1.82) is 0 Å². The molecule has 0 aromatic heterocycles. The van der Waals surface area contributed by atoms with E-state index in [-0.39, 0.29) is 13.1 Å². The number of rotatable bonds is 10. The second-order valence-electron chi connectivity index (χ2n) is 5.01. The van der Waals surface area contributed by atoms with Gasteiger partial charge < -0.3 is 20.1 Å². The van der Waals surface area contributed by atoms with Crippen LogP contribution in [0.25, 0.3) is 0 Å². The average Bonchev–Trinajstić information content (AvgIpc) is 2.54. The summed E-state index contributed by atoms with van der Waals surface area (Å²) in [6.07, 6.45) is 3.64. The highest BCUT2D eigenvalue weighted by molar-refractivity contribution is 7.98. The molecule has 0 aliphatic carbocycles. The second-order valence-corrected chi connectivity index (χ2v) is 5.99. The van der Waals surface area contributed by atoms with Crippen LogP contribution in [0, 0.1) is 0 Å². The molecule has 1 atom stereocenters. The molecule has 0 saturated heterocycles. The standard InChI is InChI=1S/C16H22N2O4S/c1-23-11-5-8-14(15(20)21)17-16(22)18(9-10-19)12-13-6-3-2-4-7-13/h2-4,6-7,10,14H,5,8-9,11-12H2,1H3,(H,17,22)(H,20,21). The number of carbonyl (C=O) groups is 3. The van der Waals surface area contributed by atoms with E-state index in [0.717, 1.165) is 11.3 Å². The maximum absolute atomic E-state index is 12.3. The fourth-order valence-electron chi connectivity index (χ4n) is 2.04. The van der Waals surface area contributed by atoms with Gasteiger partial charge in [-0.05, 0) is 30.4 Å². The third-order valence-corrected chi connectivity index (χ3v) is 3.93. The first kappa shape index (κ1) is 19.0. The minimum atomic E-state index is -1.06. The molecule has 126 valence electrons. The molecule has 0 heterocycles. The molecule has 1 aromatic carbocycles. The largest absolute Gasteiger partial charge is 0.480 e. The van der Waals surface area contributed by atoms with E-state index in [1.807, 2.05) is 36.6 Å². The molecule has 0 bridgehead atoms. The molecule has 6 nitrogen and oxygen atoms in total. The molecule has 0 aliphatic rings. The maximum Gasteiger partial charge on any atom is 0.326 e. The summed E-state index contributed by atoms with van der Waals surface area (Å²) in [4.78, 5) is 35.6. The molecule has 0 saturated carbocycles. The lowest BCUT2D eigenvalue weighted by Crippen LogP contribution is -2.48. The molecule has 2 amide bonds. The van der Waals surface area contributed by atoms with E-state index in [1.165, 1.54) is 4.90 Å². The average molecular weight is 338 g/mol. The highest BCUT2D eigenvalue weighted by atomic mass is 32.2. The Morgan fingerprint density at radius 2 is 2.04 bits per heavy atom. The zero-order chi connectivity index (χ0) is 17.1. The van der Waals surface area contributed by atoms with Crippen molar-refractivity contribution < 1.29 is 19.5 Å². The van der Waals surface area contributed by atoms with Crippen LogP contribution in [-0.2, 0) is 16.1 Å². The van der Waals surface area contributed by atoms with Crippen molar-refractivity contribution in [3.8, 4) is 0 Å². The van der Waals surface area contributed by atoms with Crippen LogP contribution in [0.2, 0.25) is 0 Å². The number of amides is 2. The van der Waals surface area contributed by atoms with Gasteiger partial charge in [0.2, 0.25) is 0 Å². The Bertz CT molecular complexity index is 510. The minimum Gasteiger partial charge on any atom is -0.480 e. The normalized spacial score (nSPS) is 11.5. The van der Waals surface area contributed by atoms with Gasteiger partial charge in [-0.25, -0.2) is 9.59 Å². The molecule has 1 aromatic rings. The number of nitrogens with one attached hydrogen (secondary N) is 1. The first-order valence-corrected chi connectivity index (χ1v) is 8.72. The van der Waals surface area contributed by atoms with Gasteiger partial charge in [0, 0.05) is 6.54 Å². The van der Waals surface area contributed by atoms with Crippen LogP contribution in [0.1, 0.15) is 18.4 Å². The lowest BCUT2D eigenvalue weighted by Gasteiger charge is -2.23. The smallest absolute Gasteiger partial charge is 0.326 e. The molecule has 0 aliphatic heterocycles. The van der Waals surface area contributed by atoms with Crippen LogP contribution < -0.4 is 5.32 Å². The van der Waals surface area contributed by atoms with Crippen molar-refractivity contribution in [3.05, 3.63) is 35.9 Å². The van der Waals surface area contributed by atoms with Crippen LogP contribution in [0.15, 0.2) is 30.3 Å². The Balaban J connectivity index is 2.67. The highest BCUT2D eigenvalue weighted by Gasteiger charge is 2.22. The number of carboxylic acids is 1. The Morgan fingerprint density at radius 1 is 1.35 bits per heavy atom. The quantitative estimate of drug-likeness (QED) is 0.503. The van der Waals surface area contributed by atoms with Gasteiger partial charge in [-0.1, -0.05) is 30.3 Å². The molecule has 2 N–H and O–H groups in total. The lowest BCUT2D eigenvalue weighted by atomic mass is 10.1. The number of aldehydes is 1. The summed E-state index contributed by atoms with van der Waals surface area (Å²) >= 11 is 1.63. The number of carboxylic acid groups (broad SMARTS) is 1. The summed E-state index contributed by atoms with van der Waals surface area (Å²) in [5, 5.41) is 11.7. The van der Waals surface area contributed by atoms with Gasteiger partial charge in [0.1, 0.15) is 12.3 Å². The summed E-state index contributed by atoms with van der Waals surface area (Å²) in [6.45, 7) is 0.167. The van der Waals surface area contributed by atoms with Gasteiger partial charge in [-0.3, -0.25) is 0 Å². The third-order valence-electron chi connectivity index (χ3n) is 3.24. The zero-order valence-corrected chi connectivity index (χ0v) is 13.9. The van der Waals surface area contributed by atoms with E-state index in [0.29, 0.717) is 19.1 Å². The topological polar surface area (TPSA) is 86.7 Å². The van der Waals surface area contributed by atoms with E-state index in [2.05, 4.69) is 5.32 Å². The summed E-state index contributed by atoms with van der Waals surface area (Å²) in [7, 11) is 0. The Labute approximate surface area is 140 Å². The molecule has 23 heavy (non-hydrogen) atoms. The van der Waals surface area contributed by atoms with Crippen molar-refractivity contribution in [3.63, 3.8) is 0 Å². The summed E-state index contributed by atoms with van der Waals surface area (Å²) in [5.74, 6) is -0.230. The van der Waals surface area contributed by atoms with E-state index < -0.39 is 18.0 Å². The number of carbonyl (C=O) groups excluding carboxylic acids is 2. The fraction of sp³-hybridized carbons (Fsp3) is 0.438. The summed E-state index contributed by atoms with van der Waals surface area (Å²) in [5.41, 5.74) is 0.874. The third kappa shape index (κ3) is 7.19. The lowest BCUT2D eigenvalue weighted by molar-refractivity contribution is -0.139. The first-order chi connectivity index (χ1) is 11.1. The van der Waals surface area contributed by atoms with Crippen LogP contribution in [-0.4, -0.2) is 52.9 Å². The van der Waals surface area contributed by atoms with Gasteiger partial charge in [-0.2, -0.15) is 11.8 Å². The number of urea groups is 1. The van der Waals surface area contributed by atoms with Gasteiger partial charge in [0.25, 0.3) is 0 Å². The van der Waals surface area contributed by atoms with Crippen LogP contribution in [0.3, 0.4) is 0 Å². The van der Waals surface area contributed by atoms with Crippen LogP contribution in [0.4, 0.5) is 4.79 Å². The number of hydrogen-bond donors (Lipinski definition) is 2. The van der Waals surface area contributed by atoms with Crippen molar-refractivity contribution >= 4 is 30.0 Å². The predicted octanol–water partition coefficient (Wildman–Crippen LogP) is 1.99. The Hall–Kier alpha value is -2.02. The minimum absolute atomic E-state index is 0.0854.